The average Bonchev–Trinajstić information content (AvgIpc) is 2.09. The largest absolute Gasteiger partial charge is 0.504 e. The quantitative estimate of drug-likeness (QED) is 0.506. The van der Waals surface area contributed by atoms with Crippen LogP contribution < -0.4 is 6.15 Å². The van der Waals surface area contributed by atoms with Crippen LogP contribution in [0.1, 0.15) is 26.3 Å². The van der Waals surface area contributed by atoms with E-state index in [0.717, 1.165) is 5.56 Å². The van der Waals surface area contributed by atoms with Gasteiger partial charge >= 0.3 is 0 Å². The molecule has 0 saturated carbocycles. The Morgan fingerprint density at radius 1 is 1.18 bits per heavy atom. The second-order valence-electron chi connectivity index (χ2n) is 4.08. The first kappa shape index (κ1) is 21.8. The molecule has 0 unspecified atom stereocenters. The summed E-state index contributed by atoms with van der Waals surface area (Å²) in [6.07, 6.45) is 0. The van der Waals surface area contributed by atoms with E-state index in [1.165, 1.54) is 13.2 Å². The van der Waals surface area contributed by atoms with E-state index >= 15 is 0 Å². The fourth-order valence-corrected chi connectivity index (χ4v) is 1.14. The van der Waals surface area contributed by atoms with Crippen LogP contribution in [0.5, 0.6) is 11.5 Å². The molecule has 17 heavy (non-hydrogen) atoms. The van der Waals surface area contributed by atoms with Gasteiger partial charge in [0, 0.05) is 22.6 Å². The minimum Gasteiger partial charge on any atom is -0.504 e. The van der Waals surface area contributed by atoms with Gasteiger partial charge in [0.15, 0.2) is 11.5 Å². The van der Waals surface area contributed by atoms with Crippen LogP contribution in [-0.2, 0) is 26.8 Å². The molecule has 0 atom stereocenters. The summed E-state index contributed by atoms with van der Waals surface area (Å²) in [5.74, 6) is -0.0626. The van der Waals surface area contributed by atoms with Gasteiger partial charge in [0.2, 0.25) is 0 Å². The number of aromatic hydroxyl groups is 2. The van der Waals surface area contributed by atoms with Gasteiger partial charge in [-0.05, 0) is 11.5 Å². The Morgan fingerprint density at radius 2 is 1.59 bits per heavy atom. The van der Waals surface area contributed by atoms with Crippen molar-refractivity contribution in [3.8, 4) is 11.5 Å². The molecule has 0 spiro atoms. The molecule has 0 aliphatic heterocycles. The molecular weight excluding hydrogens is 293 g/mol. The van der Waals surface area contributed by atoms with E-state index < -0.39 is 0 Å². The van der Waals surface area contributed by atoms with E-state index in [0.29, 0.717) is 0 Å². The van der Waals surface area contributed by atoms with Gasteiger partial charge in [-0.15, -0.1) is 0 Å². The van der Waals surface area contributed by atoms with Crippen molar-refractivity contribution in [1.82, 2.24) is 6.15 Å². The third-order valence-corrected chi connectivity index (χ3v) is 1.82. The van der Waals surface area contributed by atoms with E-state index in [-0.39, 0.29) is 40.1 Å². The standard InChI is InChI=1S/C10H14O2.CH3ClO.Cu.H3N/c1-10(2,3)7-5-4-6-8(11)9(7)12;1-3-2;;/h4-6,11-12H,1-3H3;1H3;;1H3. The zero-order chi connectivity index (χ0) is 12.1. The summed E-state index contributed by atoms with van der Waals surface area (Å²) in [6, 6.07) is 5.02. The summed E-state index contributed by atoms with van der Waals surface area (Å²) >= 11 is 4.50. The summed E-state index contributed by atoms with van der Waals surface area (Å²) < 4.78 is 3.72. The van der Waals surface area contributed by atoms with E-state index in [4.69, 9.17) is 0 Å². The number of hydrogen-bond donors (Lipinski definition) is 3. The molecule has 1 aromatic rings. The molecule has 0 aliphatic rings. The molecule has 1 rings (SSSR count). The summed E-state index contributed by atoms with van der Waals surface area (Å²) in [5.41, 5.74) is 0.630. The average molecular weight is 313 g/mol. The van der Waals surface area contributed by atoms with Gasteiger partial charge < -0.3 is 16.4 Å². The predicted octanol–water partition coefficient (Wildman–Crippen LogP) is 3.34. The number of benzene rings is 1. The van der Waals surface area contributed by atoms with E-state index in [1.54, 1.807) is 6.07 Å². The Morgan fingerprint density at radius 3 is 1.88 bits per heavy atom. The van der Waals surface area contributed by atoms with Crippen molar-refractivity contribution in [1.29, 1.82) is 0 Å². The Bertz CT molecular complexity index is 316. The molecule has 105 valence electrons. The zero-order valence-corrected chi connectivity index (χ0v) is 12.1. The molecule has 4 nitrogen and oxygen atoms in total. The molecule has 0 heterocycles. The first-order valence-electron chi connectivity index (χ1n) is 4.50. The Kier molecular flexibility index (Phi) is 12.3. The van der Waals surface area contributed by atoms with Crippen LogP contribution in [0.2, 0.25) is 0 Å². The predicted molar refractivity (Wildman–Crippen MR) is 66.4 cm³/mol. The van der Waals surface area contributed by atoms with Crippen molar-refractivity contribution >= 4 is 11.9 Å². The van der Waals surface area contributed by atoms with Gasteiger partial charge in [-0.3, -0.25) is 4.29 Å². The SMILES string of the molecule is CC(C)(C)c1cccc(O)c1O.COCl.N.[Cu]. The van der Waals surface area contributed by atoms with Crippen LogP contribution in [0.3, 0.4) is 0 Å². The van der Waals surface area contributed by atoms with Crippen molar-refractivity contribution in [2.45, 2.75) is 26.2 Å². The number of phenols is 2. The van der Waals surface area contributed by atoms with Crippen LogP contribution in [0, 0.1) is 0 Å². The summed E-state index contributed by atoms with van der Waals surface area (Å²) in [5, 5.41) is 18.7. The van der Waals surface area contributed by atoms with Gasteiger partial charge in [-0.25, -0.2) is 0 Å². The molecule has 0 saturated heterocycles. The number of hydrogen-bond acceptors (Lipinski definition) is 4. The van der Waals surface area contributed by atoms with Crippen molar-refractivity contribution in [2.75, 3.05) is 7.11 Å². The monoisotopic (exact) mass is 312 g/mol. The van der Waals surface area contributed by atoms with Crippen LogP contribution >= 0.6 is 11.9 Å². The Balaban J connectivity index is -0.000000356. The van der Waals surface area contributed by atoms with E-state index in [1.807, 2.05) is 26.8 Å². The smallest absolute Gasteiger partial charge is 0.161 e. The number of phenolic OH excluding ortho intramolecular Hbond substituents is 2. The van der Waals surface area contributed by atoms with Crippen molar-refractivity contribution in [2.24, 2.45) is 0 Å². The summed E-state index contributed by atoms with van der Waals surface area (Å²) in [4.78, 5) is 0. The first-order valence-corrected chi connectivity index (χ1v) is 4.81. The van der Waals surface area contributed by atoms with Crippen molar-refractivity contribution in [3.63, 3.8) is 0 Å². The normalized spacial score (nSPS) is 9.24. The molecular formula is C11H20ClCuNO3. The number of rotatable bonds is 0. The fraction of sp³-hybridized carbons (Fsp3) is 0.455. The zero-order valence-electron chi connectivity index (χ0n) is 10.4. The van der Waals surface area contributed by atoms with Gasteiger partial charge in [-0.1, -0.05) is 32.9 Å². The van der Waals surface area contributed by atoms with Crippen molar-refractivity contribution < 1.29 is 31.6 Å². The molecule has 0 fully saturated rings. The van der Waals surface area contributed by atoms with Crippen LogP contribution in [0.4, 0.5) is 0 Å². The third-order valence-electron chi connectivity index (χ3n) is 1.82. The molecule has 1 aromatic carbocycles. The van der Waals surface area contributed by atoms with Gasteiger partial charge in [0.25, 0.3) is 0 Å². The van der Waals surface area contributed by atoms with Crippen LogP contribution in [0.25, 0.3) is 0 Å². The fourth-order valence-electron chi connectivity index (χ4n) is 1.14. The van der Waals surface area contributed by atoms with Crippen LogP contribution in [-0.4, -0.2) is 17.3 Å². The molecule has 0 amide bonds. The minimum absolute atomic E-state index is 0. The first-order chi connectivity index (χ1) is 6.84. The van der Waals surface area contributed by atoms with E-state index in [2.05, 4.69) is 16.2 Å². The van der Waals surface area contributed by atoms with Crippen LogP contribution in [0.15, 0.2) is 18.2 Å². The maximum atomic E-state index is 9.48. The van der Waals surface area contributed by atoms with E-state index in [9.17, 15) is 10.2 Å². The maximum absolute atomic E-state index is 9.48. The van der Waals surface area contributed by atoms with Gasteiger partial charge in [0.05, 0.1) is 19.0 Å². The second kappa shape index (κ2) is 9.57. The molecule has 6 heteroatoms. The summed E-state index contributed by atoms with van der Waals surface area (Å²) in [6.45, 7) is 5.96. The Labute approximate surface area is 118 Å². The van der Waals surface area contributed by atoms with Crippen molar-refractivity contribution in [3.05, 3.63) is 23.8 Å². The minimum atomic E-state index is -0.136. The third kappa shape index (κ3) is 7.47. The molecule has 0 bridgehead atoms. The topological polar surface area (TPSA) is 84.7 Å². The van der Waals surface area contributed by atoms with Gasteiger partial charge in [-0.2, -0.15) is 0 Å². The molecule has 0 aliphatic carbocycles. The number of para-hydroxylation sites is 1. The maximum Gasteiger partial charge on any atom is 0.161 e. The molecule has 0 aromatic heterocycles. The molecule has 1 radical (unpaired) electrons. The second-order valence-corrected chi connectivity index (χ2v) is 4.39. The summed E-state index contributed by atoms with van der Waals surface area (Å²) in [7, 11) is 1.39. The number of halogens is 1. The Hall–Kier alpha value is -0.451. The molecule has 5 N–H and O–H groups in total. The van der Waals surface area contributed by atoms with Gasteiger partial charge in [0.1, 0.15) is 0 Å².